The number of fused-ring (bicyclic) bond motifs is 1. The van der Waals surface area contributed by atoms with E-state index >= 15 is 0 Å². The lowest BCUT2D eigenvalue weighted by molar-refractivity contribution is 0.505. The third kappa shape index (κ3) is 2.33. The first-order chi connectivity index (χ1) is 9.54. The van der Waals surface area contributed by atoms with Gasteiger partial charge in [0, 0.05) is 37.1 Å². The van der Waals surface area contributed by atoms with Gasteiger partial charge in [0.1, 0.15) is 0 Å². The van der Waals surface area contributed by atoms with Gasteiger partial charge >= 0.3 is 0 Å². The number of benzene rings is 1. The maximum atomic E-state index is 4.27. The van der Waals surface area contributed by atoms with Crippen molar-refractivity contribution in [2.45, 2.75) is 33.2 Å². The molecule has 3 rings (SSSR count). The van der Waals surface area contributed by atoms with Crippen molar-refractivity contribution in [2.24, 2.45) is 13.0 Å². The minimum atomic E-state index is 0.556. The molecule has 1 aliphatic heterocycles. The molecule has 0 fully saturated rings. The Kier molecular flexibility index (Phi) is 3.28. The Morgan fingerprint density at radius 2 is 2.05 bits per heavy atom. The molecule has 2 heterocycles. The van der Waals surface area contributed by atoms with Crippen molar-refractivity contribution in [3.8, 4) is 11.1 Å². The quantitative estimate of drug-likeness (QED) is 0.832. The summed E-state index contributed by atoms with van der Waals surface area (Å²) in [6.07, 6.45) is 5.19. The van der Waals surface area contributed by atoms with Crippen molar-refractivity contribution in [1.82, 2.24) is 9.78 Å². The Labute approximate surface area is 121 Å². The van der Waals surface area contributed by atoms with Crippen molar-refractivity contribution in [3.63, 3.8) is 0 Å². The molecule has 2 aromatic rings. The Hall–Kier alpha value is -1.77. The van der Waals surface area contributed by atoms with Crippen LogP contribution in [-0.4, -0.2) is 22.4 Å². The molecular weight excluding hydrogens is 246 g/mol. The highest BCUT2D eigenvalue weighted by Crippen LogP contribution is 2.34. The average molecular weight is 269 g/mol. The summed E-state index contributed by atoms with van der Waals surface area (Å²) >= 11 is 0. The monoisotopic (exact) mass is 269 g/mol. The molecule has 1 aromatic heterocycles. The highest BCUT2D eigenvalue weighted by atomic mass is 15.2. The van der Waals surface area contributed by atoms with Gasteiger partial charge in [0.2, 0.25) is 0 Å². The summed E-state index contributed by atoms with van der Waals surface area (Å²) < 4.78 is 1.86. The first-order valence-corrected chi connectivity index (χ1v) is 7.43. The maximum absolute atomic E-state index is 4.27. The highest BCUT2D eigenvalue weighted by Gasteiger charge is 2.23. The molecule has 3 nitrogen and oxygen atoms in total. The minimum Gasteiger partial charge on any atom is -0.369 e. The molecule has 0 amide bonds. The third-order valence-electron chi connectivity index (χ3n) is 4.13. The second-order valence-electron chi connectivity index (χ2n) is 6.30. The van der Waals surface area contributed by atoms with Gasteiger partial charge in [-0.25, -0.2) is 0 Å². The molecule has 0 saturated heterocycles. The smallest absolute Gasteiger partial charge is 0.0568 e. The van der Waals surface area contributed by atoms with Crippen molar-refractivity contribution in [3.05, 3.63) is 36.2 Å². The van der Waals surface area contributed by atoms with Crippen molar-refractivity contribution in [2.75, 3.05) is 11.4 Å². The molecule has 0 bridgehead atoms. The van der Waals surface area contributed by atoms with E-state index in [2.05, 4.69) is 55.2 Å². The van der Waals surface area contributed by atoms with E-state index < -0.39 is 0 Å². The molecule has 0 saturated carbocycles. The first kappa shape index (κ1) is 13.2. The van der Waals surface area contributed by atoms with Crippen LogP contribution in [-0.2, 0) is 13.5 Å². The highest BCUT2D eigenvalue weighted by molar-refractivity contribution is 5.69. The Morgan fingerprint density at radius 1 is 1.25 bits per heavy atom. The van der Waals surface area contributed by atoms with Crippen molar-refractivity contribution < 1.29 is 0 Å². The largest absolute Gasteiger partial charge is 0.369 e. The first-order valence-electron chi connectivity index (χ1n) is 7.43. The lowest BCUT2D eigenvalue weighted by Gasteiger charge is -2.38. The zero-order valence-corrected chi connectivity index (χ0v) is 12.8. The summed E-state index contributed by atoms with van der Waals surface area (Å²) in [6, 6.07) is 7.41. The molecule has 0 aliphatic carbocycles. The molecule has 1 aliphatic rings. The Balaban J connectivity index is 2.02. The van der Waals surface area contributed by atoms with Gasteiger partial charge in [-0.15, -0.1) is 0 Å². The number of hydrogen-bond donors (Lipinski definition) is 0. The van der Waals surface area contributed by atoms with E-state index in [0.29, 0.717) is 12.0 Å². The van der Waals surface area contributed by atoms with Crippen LogP contribution in [0.3, 0.4) is 0 Å². The molecule has 1 atom stereocenters. The number of anilines is 1. The topological polar surface area (TPSA) is 21.1 Å². The molecule has 0 radical (unpaired) electrons. The molecule has 0 N–H and O–H groups in total. The van der Waals surface area contributed by atoms with Crippen molar-refractivity contribution in [1.29, 1.82) is 0 Å². The maximum Gasteiger partial charge on any atom is 0.0568 e. The van der Waals surface area contributed by atoms with E-state index in [1.165, 1.54) is 28.8 Å². The summed E-state index contributed by atoms with van der Waals surface area (Å²) in [4.78, 5) is 2.52. The van der Waals surface area contributed by atoms with Gasteiger partial charge < -0.3 is 4.90 Å². The van der Waals surface area contributed by atoms with E-state index in [1.54, 1.807) is 0 Å². The van der Waals surface area contributed by atoms with Crippen LogP contribution in [0.5, 0.6) is 0 Å². The van der Waals surface area contributed by atoms with Crippen molar-refractivity contribution >= 4 is 5.69 Å². The number of hydrogen-bond acceptors (Lipinski definition) is 2. The number of aromatic nitrogens is 2. The lowest BCUT2D eigenvalue weighted by atomic mass is 9.91. The van der Waals surface area contributed by atoms with Crippen LogP contribution in [0.1, 0.15) is 26.3 Å². The predicted molar refractivity (Wildman–Crippen MR) is 84.0 cm³/mol. The fourth-order valence-electron chi connectivity index (χ4n) is 3.14. The van der Waals surface area contributed by atoms with Crippen LogP contribution in [0.4, 0.5) is 5.69 Å². The number of aryl methyl sites for hydroxylation is 1. The molecular formula is C17H23N3. The van der Waals surface area contributed by atoms with Gasteiger partial charge in [-0.3, -0.25) is 4.68 Å². The summed E-state index contributed by atoms with van der Waals surface area (Å²) in [7, 11) is 1.96. The SMILES string of the molecule is CC1Cc2cc(-c3cnn(C)c3)ccc2N(C(C)C)C1. The Bertz CT molecular complexity index is 612. The van der Waals surface area contributed by atoms with Gasteiger partial charge in [0.15, 0.2) is 0 Å². The van der Waals surface area contributed by atoms with E-state index in [1.807, 2.05) is 17.9 Å². The van der Waals surface area contributed by atoms with Gasteiger partial charge in [0.25, 0.3) is 0 Å². The van der Waals surface area contributed by atoms with Crippen LogP contribution in [0.2, 0.25) is 0 Å². The fourth-order valence-corrected chi connectivity index (χ4v) is 3.14. The van der Waals surface area contributed by atoms with E-state index in [0.717, 1.165) is 6.54 Å². The van der Waals surface area contributed by atoms with Crippen LogP contribution >= 0.6 is 0 Å². The second-order valence-corrected chi connectivity index (χ2v) is 6.30. The third-order valence-corrected chi connectivity index (χ3v) is 4.13. The van der Waals surface area contributed by atoms with Crippen LogP contribution in [0, 0.1) is 5.92 Å². The lowest BCUT2D eigenvalue weighted by Crippen LogP contribution is -2.39. The number of rotatable bonds is 2. The van der Waals surface area contributed by atoms with Gasteiger partial charge in [-0.05, 0) is 49.4 Å². The zero-order valence-electron chi connectivity index (χ0n) is 12.8. The van der Waals surface area contributed by atoms with E-state index in [-0.39, 0.29) is 0 Å². The van der Waals surface area contributed by atoms with E-state index in [4.69, 9.17) is 0 Å². The predicted octanol–water partition coefficient (Wildman–Crippen LogP) is 3.49. The zero-order chi connectivity index (χ0) is 14.3. The normalized spacial score (nSPS) is 18.4. The van der Waals surface area contributed by atoms with E-state index in [9.17, 15) is 0 Å². The molecule has 106 valence electrons. The number of nitrogens with zero attached hydrogens (tertiary/aromatic N) is 3. The van der Waals surface area contributed by atoms with Gasteiger partial charge in [-0.2, -0.15) is 5.10 Å². The molecule has 1 unspecified atom stereocenters. The minimum absolute atomic E-state index is 0.556. The summed E-state index contributed by atoms with van der Waals surface area (Å²) in [6.45, 7) is 8.06. The van der Waals surface area contributed by atoms with Crippen LogP contribution in [0.15, 0.2) is 30.6 Å². The van der Waals surface area contributed by atoms with Crippen LogP contribution < -0.4 is 4.90 Å². The standard InChI is InChI=1S/C17H23N3/c1-12(2)20-10-13(3)7-15-8-14(5-6-17(15)20)16-9-18-19(4)11-16/h5-6,8-9,11-13H,7,10H2,1-4H3. The van der Waals surface area contributed by atoms with Gasteiger partial charge in [-0.1, -0.05) is 13.0 Å². The molecule has 0 spiro atoms. The summed E-state index contributed by atoms with van der Waals surface area (Å²) in [5, 5.41) is 4.27. The van der Waals surface area contributed by atoms with Gasteiger partial charge in [0.05, 0.1) is 6.20 Å². The average Bonchev–Trinajstić information content (AvgIpc) is 2.83. The summed E-state index contributed by atoms with van der Waals surface area (Å²) in [5.74, 6) is 0.717. The molecule has 3 heteroatoms. The molecule has 1 aromatic carbocycles. The summed E-state index contributed by atoms with van der Waals surface area (Å²) in [5.41, 5.74) is 5.35. The molecule has 20 heavy (non-hydrogen) atoms. The van der Waals surface area contributed by atoms with Crippen LogP contribution in [0.25, 0.3) is 11.1 Å². The second kappa shape index (κ2) is 4.97. The Morgan fingerprint density at radius 3 is 2.70 bits per heavy atom. The fraction of sp³-hybridized carbons (Fsp3) is 0.471.